The number of likely N-dealkylation sites (N-methyl/N-ethyl adjacent to an activating group) is 1. The monoisotopic (exact) mass is 316 g/mol. The molecule has 0 spiro atoms. The van der Waals surface area contributed by atoms with Gasteiger partial charge >= 0.3 is 0 Å². The molecule has 6 nitrogen and oxygen atoms in total. The number of carbonyl (C=O) groups excluding carboxylic acids is 1. The van der Waals surface area contributed by atoms with Crippen LogP contribution in [0.3, 0.4) is 0 Å². The third kappa shape index (κ3) is 3.07. The second-order valence-electron chi connectivity index (χ2n) is 5.78. The average molecular weight is 316 g/mol. The number of aliphatic hydroxyl groups excluding tert-OH is 1. The number of para-hydroxylation sites is 1. The molecular weight excluding hydrogens is 296 g/mol. The van der Waals surface area contributed by atoms with Crippen LogP contribution in [-0.2, 0) is 0 Å². The van der Waals surface area contributed by atoms with Gasteiger partial charge in [-0.15, -0.1) is 0 Å². The number of hydrogen-bond donors (Lipinski definition) is 1. The Balaban J connectivity index is 1.67. The summed E-state index contributed by atoms with van der Waals surface area (Å²) >= 11 is 0. The topological polar surface area (TPSA) is 75.8 Å². The van der Waals surface area contributed by atoms with Gasteiger partial charge < -0.3 is 19.2 Å². The van der Waals surface area contributed by atoms with Gasteiger partial charge in [0.1, 0.15) is 23.7 Å². The highest BCUT2D eigenvalue weighted by molar-refractivity contribution is 5.93. The second-order valence-corrected chi connectivity index (χ2v) is 5.78. The Hall–Kier alpha value is -2.34. The minimum atomic E-state index is -0.739. The maximum Gasteiger partial charge on any atom is 0.276 e. The summed E-state index contributed by atoms with van der Waals surface area (Å²) in [5.41, 5.74) is 0.284. The van der Waals surface area contributed by atoms with E-state index in [4.69, 9.17) is 9.15 Å². The number of aliphatic hydroxyl groups is 1. The van der Waals surface area contributed by atoms with Crippen molar-refractivity contribution in [1.29, 1.82) is 0 Å². The lowest BCUT2D eigenvalue weighted by atomic mass is 10.1. The van der Waals surface area contributed by atoms with Crippen LogP contribution in [0.4, 0.5) is 0 Å². The molecule has 3 atom stereocenters. The normalized spacial score (nSPS) is 23.7. The van der Waals surface area contributed by atoms with Gasteiger partial charge in [0.15, 0.2) is 12.1 Å². The number of amides is 1. The van der Waals surface area contributed by atoms with Crippen LogP contribution in [0.1, 0.15) is 29.1 Å². The zero-order valence-corrected chi connectivity index (χ0v) is 13.2. The Morgan fingerprint density at radius 2 is 2.09 bits per heavy atom. The molecule has 1 saturated carbocycles. The first-order valence-corrected chi connectivity index (χ1v) is 7.65. The number of benzene rings is 1. The number of ether oxygens (including phenoxy) is 1. The van der Waals surface area contributed by atoms with Crippen LogP contribution in [0, 0.1) is 6.92 Å². The van der Waals surface area contributed by atoms with Crippen molar-refractivity contribution < 1.29 is 19.1 Å². The van der Waals surface area contributed by atoms with E-state index in [1.807, 2.05) is 30.3 Å². The number of aromatic nitrogens is 1. The van der Waals surface area contributed by atoms with E-state index in [9.17, 15) is 9.90 Å². The average Bonchev–Trinajstić information content (AvgIpc) is 3.14. The number of hydrogen-bond acceptors (Lipinski definition) is 5. The van der Waals surface area contributed by atoms with Gasteiger partial charge in [-0.05, 0) is 31.9 Å². The second kappa shape index (κ2) is 6.42. The van der Waals surface area contributed by atoms with Crippen molar-refractivity contribution in [3.63, 3.8) is 0 Å². The molecule has 1 aliphatic carbocycles. The summed E-state index contributed by atoms with van der Waals surface area (Å²) in [7, 11) is 1.68. The molecule has 1 aromatic heterocycles. The van der Waals surface area contributed by atoms with E-state index in [1.54, 1.807) is 14.0 Å². The van der Waals surface area contributed by atoms with Crippen molar-refractivity contribution in [2.45, 2.75) is 38.0 Å². The van der Waals surface area contributed by atoms with Crippen LogP contribution in [-0.4, -0.2) is 46.2 Å². The Labute approximate surface area is 134 Å². The number of nitrogens with zero attached hydrogens (tertiary/aromatic N) is 2. The van der Waals surface area contributed by atoms with E-state index in [-0.39, 0.29) is 23.7 Å². The van der Waals surface area contributed by atoms with E-state index in [1.165, 1.54) is 11.3 Å². The van der Waals surface area contributed by atoms with Gasteiger partial charge in [0.25, 0.3) is 5.91 Å². The molecular formula is C17H20N2O4. The van der Waals surface area contributed by atoms with Crippen LogP contribution < -0.4 is 4.74 Å². The minimum absolute atomic E-state index is 0.249. The molecule has 1 aliphatic rings. The number of rotatable bonds is 4. The molecule has 122 valence electrons. The molecule has 0 unspecified atom stereocenters. The molecule has 0 saturated heterocycles. The molecule has 0 aliphatic heterocycles. The van der Waals surface area contributed by atoms with Crippen molar-refractivity contribution in [1.82, 2.24) is 9.88 Å². The zero-order valence-electron chi connectivity index (χ0n) is 13.2. The van der Waals surface area contributed by atoms with E-state index < -0.39 is 6.10 Å². The fourth-order valence-corrected chi connectivity index (χ4v) is 2.98. The smallest absolute Gasteiger partial charge is 0.276 e. The maximum atomic E-state index is 12.5. The number of aryl methyl sites for hydroxylation is 1. The van der Waals surface area contributed by atoms with Gasteiger partial charge in [0.2, 0.25) is 0 Å². The third-order valence-electron chi connectivity index (χ3n) is 4.32. The number of carbonyl (C=O) groups is 1. The van der Waals surface area contributed by atoms with E-state index in [0.717, 1.165) is 5.75 Å². The Morgan fingerprint density at radius 3 is 2.74 bits per heavy atom. The van der Waals surface area contributed by atoms with Crippen LogP contribution in [0.25, 0.3) is 0 Å². The summed E-state index contributed by atoms with van der Waals surface area (Å²) in [5, 5.41) is 10.5. The summed E-state index contributed by atoms with van der Waals surface area (Å²) in [6, 6.07) is 9.09. The van der Waals surface area contributed by atoms with Crippen molar-refractivity contribution >= 4 is 5.91 Å². The SMILES string of the molecule is Cc1ocnc1C(=O)N(C)[C@@H]1CC[C@@H](Oc2ccccc2)[C@@H]1O. The quantitative estimate of drug-likeness (QED) is 0.934. The van der Waals surface area contributed by atoms with Gasteiger partial charge in [0.05, 0.1) is 6.04 Å². The van der Waals surface area contributed by atoms with Crippen LogP contribution in [0.2, 0.25) is 0 Å². The summed E-state index contributed by atoms with van der Waals surface area (Å²) in [6.45, 7) is 1.69. The Morgan fingerprint density at radius 1 is 1.35 bits per heavy atom. The fourth-order valence-electron chi connectivity index (χ4n) is 2.98. The third-order valence-corrected chi connectivity index (χ3v) is 4.32. The molecule has 23 heavy (non-hydrogen) atoms. The number of oxazole rings is 1. The molecule has 2 aromatic rings. The minimum Gasteiger partial charge on any atom is -0.488 e. The molecule has 6 heteroatoms. The van der Waals surface area contributed by atoms with Crippen molar-refractivity contribution in [2.24, 2.45) is 0 Å². The summed E-state index contributed by atoms with van der Waals surface area (Å²) in [5.74, 6) is 0.950. The largest absolute Gasteiger partial charge is 0.488 e. The van der Waals surface area contributed by atoms with Gasteiger partial charge in [-0.2, -0.15) is 0 Å². The first kappa shape index (κ1) is 15.6. The molecule has 1 aromatic carbocycles. The molecule has 3 rings (SSSR count). The van der Waals surface area contributed by atoms with E-state index in [2.05, 4.69) is 4.98 Å². The van der Waals surface area contributed by atoms with Crippen LogP contribution in [0.5, 0.6) is 5.75 Å². The van der Waals surface area contributed by atoms with Gasteiger partial charge in [-0.25, -0.2) is 4.98 Å². The fraction of sp³-hybridized carbons (Fsp3) is 0.412. The Kier molecular flexibility index (Phi) is 4.34. The predicted molar refractivity (Wildman–Crippen MR) is 83.2 cm³/mol. The van der Waals surface area contributed by atoms with Gasteiger partial charge in [0, 0.05) is 7.05 Å². The predicted octanol–water partition coefficient (Wildman–Crippen LogP) is 2.03. The molecule has 1 amide bonds. The van der Waals surface area contributed by atoms with Gasteiger partial charge in [-0.3, -0.25) is 4.79 Å². The van der Waals surface area contributed by atoms with E-state index in [0.29, 0.717) is 18.6 Å². The highest BCUT2D eigenvalue weighted by Crippen LogP contribution is 2.29. The highest BCUT2D eigenvalue weighted by atomic mass is 16.5. The lowest BCUT2D eigenvalue weighted by Crippen LogP contribution is -2.45. The lowest BCUT2D eigenvalue weighted by molar-refractivity contribution is 0.0164. The maximum absolute atomic E-state index is 12.5. The first-order valence-electron chi connectivity index (χ1n) is 7.65. The highest BCUT2D eigenvalue weighted by Gasteiger charge is 2.40. The summed E-state index contributed by atoms with van der Waals surface area (Å²) in [6.07, 6.45) is 1.56. The zero-order chi connectivity index (χ0) is 16.4. The molecule has 0 bridgehead atoms. The molecule has 1 heterocycles. The van der Waals surface area contributed by atoms with Crippen LogP contribution in [0.15, 0.2) is 41.1 Å². The molecule has 1 fully saturated rings. The summed E-state index contributed by atoms with van der Waals surface area (Å²) < 4.78 is 10.9. The van der Waals surface area contributed by atoms with Crippen molar-refractivity contribution in [3.05, 3.63) is 48.2 Å². The van der Waals surface area contributed by atoms with Crippen molar-refractivity contribution in [3.8, 4) is 5.75 Å². The Bertz CT molecular complexity index is 670. The van der Waals surface area contributed by atoms with Crippen LogP contribution >= 0.6 is 0 Å². The lowest BCUT2D eigenvalue weighted by Gasteiger charge is -2.28. The molecule has 0 radical (unpaired) electrons. The standard InChI is InChI=1S/C17H20N2O4/c1-11-15(18-10-22-11)17(21)19(2)13-8-9-14(16(13)20)23-12-6-4-3-5-7-12/h3-7,10,13-14,16,20H,8-9H2,1-2H3/t13-,14-,16-/m1/s1. The van der Waals surface area contributed by atoms with Crippen molar-refractivity contribution in [2.75, 3.05) is 7.05 Å². The van der Waals surface area contributed by atoms with Gasteiger partial charge in [-0.1, -0.05) is 18.2 Å². The first-order chi connectivity index (χ1) is 11.1. The summed E-state index contributed by atoms with van der Waals surface area (Å²) in [4.78, 5) is 18.0. The van der Waals surface area contributed by atoms with E-state index >= 15 is 0 Å². The molecule has 1 N–H and O–H groups in total.